The summed E-state index contributed by atoms with van der Waals surface area (Å²) in [5, 5.41) is 6.14. The SMILES string of the molecule is Cn1nc(NC(=O)NS(=O)(=O)c2ccccc2O/C(Cl)=C/Cl)nc1C1CC1. The van der Waals surface area contributed by atoms with Crippen LogP contribution in [0.4, 0.5) is 10.7 Å². The summed E-state index contributed by atoms with van der Waals surface area (Å²) in [5.41, 5.74) is 0.940. The molecule has 2 N–H and O–H groups in total. The number of hydrogen-bond donors (Lipinski definition) is 2. The van der Waals surface area contributed by atoms with E-state index >= 15 is 0 Å². The summed E-state index contributed by atoms with van der Waals surface area (Å²) in [7, 11) is -2.54. The van der Waals surface area contributed by atoms with Crippen LogP contribution in [-0.2, 0) is 17.1 Å². The van der Waals surface area contributed by atoms with Crippen molar-refractivity contribution in [3.05, 3.63) is 40.8 Å². The fraction of sp³-hybridized carbons (Fsp3) is 0.267. The van der Waals surface area contributed by atoms with Gasteiger partial charge in [0.05, 0.1) is 5.54 Å². The number of aromatic nitrogens is 3. The molecule has 0 radical (unpaired) electrons. The average molecular weight is 432 g/mol. The first-order chi connectivity index (χ1) is 12.8. The second-order valence-corrected chi connectivity index (χ2v) is 7.95. The number of sulfonamides is 1. The number of anilines is 1. The third-order valence-corrected chi connectivity index (χ3v) is 5.49. The number of carbonyl (C=O) groups is 1. The van der Waals surface area contributed by atoms with E-state index in [0.29, 0.717) is 5.92 Å². The summed E-state index contributed by atoms with van der Waals surface area (Å²) < 4.78 is 33.6. The Kier molecular flexibility index (Phi) is 5.59. The number of hydrogen-bond acceptors (Lipinski definition) is 6. The van der Waals surface area contributed by atoms with Crippen LogP contribution in [-0.4, -0.2) is 29.2 Å². The topological polar surface area (TPSA) is 115 Å². The lowest BCUT2D eigenvalue weighted by Crippen LogP contribution is -2.34. The van der Waals surface area contributed by atoms with E-state index < -0.39 is 16.1 Å². The molecule has 1 saturated carbocycles. The molecule has 0 atom stereocenters. The lowest BCUT2D eigenvalue weighted by molar-refractivity contribution is 0.256. The maximum atomic E-state index is 12.5. The van der Waals surface area contributed by atoms with Crippen LogP contribution in [0.2, 0.25) is 0 Å². The van der Waals surface area contributed by atoms with Gasteiger partial charge in [-0.2, -0.15) is 4.98 Å². The molecule has 27 heavy (non-hydrogen) atoms. The quantitative estimate of drug-likeness (QED) is 0.679. The van der Waals surface area contributed by atoms with Gasteiger partial charge in [-0.25, -0.2) is 17.9 Å². The summed E-state index contributed by atoms with van der Waals surface area (Å²) in [6, 6.07) is 4.64. The Balaban J connectivity index is 1.74. The molecular weight excluding hydrogens is 417 g/mol. The summed E-state index contributed by atoms with van der Waals surface area (Å²) >= 11 is 11.1. The van der Waals surface area contributed by atoms with Crippen molar-refractivity contribution < 1.29 is 17.9 Å². The molecule has 9 nitrogen and oxygen atoms in total. The second-order valence-electron chi connectivity index (χ2n) is 5.71. The molecule has 0 saturated heterocycles. The third kappa shape index (κ3) is 4.71. The number of benzene rings is 1. The molecule has 1 aromatic heterocycles. The van der Waals surface area contributed by atoms with E-state index in [1.807, 2.05) is 4.72 Å². The van der Waals surface area contributed by atoms with Crippen molar-refractivity contribution in [2.75, 3.05) is 5.32 Å². The Morgan fingerprint density at radius 2 is 2.07 bits per heavy atom. The first-order valence-electron chi connectivity index (χ1n) is 7.77. The molecule has 1 aromatic carbocycles. The maximum Gasteiger partial charge on any atom is 0.335 e. The van der Waals surface area contributed by atoms with Gasteiger partial charge >= 0.3 is 6.03 Å². The summed E-state index contributed by atoms with van der Waals surface area (Å²) in [4.78, 5) is 16.0. The van der Waals surface area contributed by atoms with Gasteiger partial charge < -0.3 is 4.74 Å². The number of para-hydroxylation sites is 1. The molecule has 0 bridgehead atoms. The zero-order valence-corrected chi connectivity index (χ0v) is 16.3. The predicted octanol–water partition coefficient (Wildman–Crippen LogP) is 2.86. The smallest absolute Gasteiger partial charge is 0.335 e. The molecule has 144 valence electrons. The minimum Gasteiger partial charge on any atom is -0.443 e. The van der Waals surface area contributed by atoms with Crippen LogP contribution in [0.25, 0.3) is 0 Å². The Bertz CT molecular complexity index is 1000. The molecule has 2 aromatic rings. The Morgan fingerprint density at radius 3 is 2.74 bits per heavy atom. The van der Waals surface area contributed by atoms with Crippen LogP contribution in [0.1, 0.15) is 24.6 Å². The normalized spacial score (nSPS) is 14.7. The van der Waals surface area contributed by atoms with E-state index in [1.165, 1.54) is 18.2 Å². The predicted molar refractivity (Wildman–Crippen MR) is 99.2 cm³/mol. The number of urea groups is 1. The van der Waals surface area contributed by atoms with Gasteiger partial charge in [-0.05, 0) is 36.6 Å². The zero-order chi connectivity index (χ0) is 19.6. The monoisotopic (exact) mass is 431 g/mol. The molecule has 0 aliphatic heterocycles. The molecule has 1 heterocycles. The highest BCUT2D eigenvalue weighted by atomic mass is 35.5. The average Bonchev–Trinajstić information content (AvgIpc) is 3.38. The fourth-order valence-electron chi connectivity index (χ4n) is 2.33. The molecule has 1 aliphatic carbocycles. The highest BCUT2D eigenvalue weighted by Gasteiger charge is 2.29. The number of nitrogens with one attached hydrogen (secondary N) is 2. The van der Waals surface area contributed by atoms with Crippen molar-refractivity contribution in [3.8, 4) is 5.75 Å². The first-order valence-corrected chi connectivity index (χ1v) is 10.1. The third-order valence-electron chi connectivity index (χ3n) is 3.62. The standard InChI is InChI=1S/C15H15Cl2N5O4S/c1-22-13(9-6-7-9)18-14(20-22)19-15(23)21-27(24,25)11-5-3-2-4-10(11)26-12(17)8-16/h2-5,8-9H,6-7H2,1H3,(H2,19,20,21,23)/b12-8+. The molecule has 1 fully saturated rings. The maximum absolute atomic E-state index is 12.5. The zero-order valence-electron chi connectivity index (χ0n) is 14.0. The van der Waals surface area contributed by atoms with E-state index in [9.17, 15) is 13.2 Å². The summed E-state index contributed by atoms with van der Waals surface area (Å²) in [6.45, 7) is 0. The highest BCUT2D eigenvalue weighted by Crippen LogP contribution is 2.39. The van der Waals surface area contributed by atoms with Crippen LogP contribution in [0.5, 0.6) is 5.75 Å². The fourth-order valence-corrected chi connectivity index (χ4v) is 3.50. The van der Waals surface area contributed by atoms with E-state index in [2.05, 4.69) is 15.4 Å². The number of rotatable bonds is 6. The number of amides is 2. The molecule has 0 spiro atoms. The van der Waals surface area contributed by atoms with Gasteiger partial charge in [0, 0.05) is 13.0 Å². The van der Waals surface area contributed by atoms with Gasteiger partial charge in [0.1, 0.15) is 16.5 Å². The van der Waals surface area contributed by atoms with E-state index in [1.54, 1.807) is 17.8 Å². The van der Waals surface area contributed by atoms with Crippen LogP contribution < -0.4 is 14.8 Å². The minimum atomic E-state index is -4.25. The number of carbonyl (C=O) groups excluding carboxylic acids is 1. The number of aryl methyl sites for hydroxylation is 1. The molecule has 3 rings (SSSR count). The molecular formula is C15H15Cl2N5O4S. The highest BCUT2D eigenvalue weighted by molar-refractivity contribution is 7.90. The largest absolute Gasteiger partial charge is 0.443 e. The summed E-state index contributed by atoms with van der Waals surface area (Å²) in [5.74, 6) is 0.999. The summed E-state index contributed by atoms with van der Waals surface area (Å²) in [6.07, 6.45) is 2.03. The number of ether oxygens (including phenoxy) is 1. The van der Waals surface area contributed by atoms with Gasteiger partial charge in [-0.1, -0.05) is 23.7 Å². The van der Waals surface area contributed by atoms with Crippen molar-refractivity contribution in [2.45, 2.75) is 23.7 Å². The van der Waals surface area contributed by atoms with Gasteiger partial charge in [0.15, 0.2) is 0 Å². The Labute approximate surface area is 165 Å². The van der Waals surface area contributed by atoms with Crippen molar-refractivity contribution in [3.63, 3.8) is 0 Å². The lowest BCUT2D eigenvalue weighted by Gasteiger charge is -2.11. The van der Waals surface area contributed by atoms with Crippen molar-refractivity contribution in [1.29, 1.82) is 0 Å². The second kappa shape index (κ2) is 7.75. The van der Waals surface area contributed by atoms with Crippen LogP contribution in [0, 0.1) is 0 Å². The minimum absolute atomic E-state index is 0.0183. The van der Waals surface area contributed by atoms with Crippen molar-refractivity contribution in [1.82, 2.24) is 19.5 Å². The van der Waals surface area contributed by atoms with Crippen LogP contribution in [0.15, 0.2) is 39.9 Å². The van der Waals surface area contributed by atoms with Crippen molar-refractivity contribution in [2.24, 2.45) is 7.05 Å². The number of nitrogens with zero attached hydrogens (tertiary/aromatic N) is 3. The lowest BCUT2D eigenvalue weighted by atomic mass is 10.3. The van der Waals surface area contributed by atoms with Gasteiger partial charge in [-0.3, -0.25) is 10.00 Å². The van der Waals surface area contributed by atoms with Gasteiger partial charge in [0.25, 0.3) is 10.0 Å². The van der Waals surface area contributed by atoms with Crippen LogP contribution >= 0.6 is 23.2 Å². The van der Waals surface area contributed by atoms with Gasteiger partial charge in [0.2, 0.25) is 11.2 Å². The van der Waals surface area contributed by atoms with Crippen LogP contribution in [0.3, 0.4) is 0 Å². The Hall–Kier alpha value is -2.30. The van der Waals surface area contributed by atoms with E-state index in [-0.39, 0.29) is 21.8 Å². The molecule has 0 unspecified atom stereocenters. The number of halogens is 2. The Morgan fingerprint density at radius 1 is 1.37 bits per heavy atom. The first kappa shape index (κ1) is 19.5. The molecule has 1 aliphatic rings. The van der Waals surface area contributed by atoms with Gasteiger partial charge in [-0.15, -0.1) is 5.10 Å². The molecule has 2 amide bonds. The van der Waals surface area contributed by atoms with Crippen molar-refractivity contribution >= 4 is 45.2 Å². The molecule has 12 heteroatoms. The van der Waals surface area contributed by atoms with E-state index in [4.69, 9.17) is 27.9 Å². The van der Waals surface area contributed by atoms with E-state index in [0.717, 1.165) is 24.2 Å².